The quantitative estimate of drug-likeness (QED) is 0.672. The van der Waals surface area contributed by atoms with Crippen LogP contribution < -0.4 is 5.32 Å². The van der Waals surface area contributed by atoms with Gasteiger partial charge in [0.2, 0.25) is 0 Å². The average Bonchev–Trinajstić information content (AvgIpc) is 2.27. The van der Waals surface area contributed by atoms with Gasteiger partial charge in [0.1, 0.15) is 4.60 Å². The fourth-order valence-electron chi connectivity index (χ4n) is 1.16. The number of rotatable bonds is 0. The molecule has 0 aliphatic carbocycles. The average molecular weight is 202 g/mol. The standard InChI is InChI=1S/C6H8BrN3/c7-6-3-5-4-8-1-2-10(5)9-6/h3,8H,1-2,4H2. The Morgan fingerprint density at radius 1 is 1.70 bits per heavy atom. The van der Waals surface area contributed by atoms with E-state index in [0.29, 0.717) is 0 Å². The van der Waals surface area contributed by atoms with Gasteiger partial charge in [-0.05, 0) is 22.0 Å². The van der Waals surface area contributed by atoms with E-state index in [1.54, 1.807) is 0 Å². The van der Waals surface area contributed by atoms with Gasteiger partial charge in [-0.25, -0.2) is 0 Å². The maximum atomic E-state index is 4.24. The van der Waals surface area contributed by atoms with Crippen molar-refractivity contribution >= 4 is 15.9 Å². The SMILES string of the molecule is Brc1cc2n(n1)CCNC2. The molecule has 2 heterocycles. The summed E-state index contributed by atoms with van der Waals surface area (Å²) in [4.78, 5) is 0. The molecule has 0 saturated heterocycles. The highest BCUT2D eigenvalue weighted by molar-refractivity contribution is 9.10. The number of nitrogens with one attached hydrogen (secondary N) is 1. The summed E-state index contributed by atoms with van der Waals surface area (Å²) in [7, 11) is 0. The van der Waals surface area contributed by atoms with E-state index in [0.717, 1.165) is 24.2 Å². The van der Waals surface area contributed by atoms with Crippen LogP contribution >= 0.6 is 15.9 Å². The van der Waals surface area contributed by atoms with Gasteiger partial charge in [-0.15, -0.1) is 0 Å². The summed E-state index contributed by atoms with van der Waals surface area (Å²) in [5, 5.41) is 7.52. The van der Waals surface area contributed by atoms with Gasteiger partial charge in [0.15, 0.2) is 0 Å². The Hall–Kier alpha value is -0.350. The van der Waals surface area contributed by atoms with Crippen molar-refractivity contribution in [1.29, 1.82) is 0 Å². The molecule has 3 nitrogen and oxygen atoms in total. The van der Waals surface area contributed by atoms with Crippen LogP contribution in [0.15, 0.2) is 10.7 Å². The summed E-state index contributed by atoms with van der Waals surface area (Å²) >= 11 is 3.33. The highest BCUT2D eigenvalue weighted by Gasteiger charge is 2.08. The smallest absolute Gasteiger partial charge is 0.128 e. The number of hydrogen-bond donors (Lipinski definition) is 1. The Balaban J connectivity index is 2.41. The normalized spacial score (nSPS) is 16.9. The Morgan fingerprint density at radius 3 is 3.40 bits per heavy atom. The lowest BCUT2D eigenvalue weighted by Gasteiger charge is -2.13. The molecular formula is C6H8BrN3. The van der Waals surface area contributed by atoms with Crippen LogP contribution in [-0.2, 0) is 13.1 Å². The minimum Gasteiger partial charge on any atom is -0.309 e. The monoisotopic (exact) mass is 201 g/mol. The molecule has 1 N–H and O–H groups in total. The minimum atomic E-state index is 0.936. The largest absolute Gasteiger partial charge is 0.309 e. The predicted molar refractivity (Wildman–Crippen MR) is 41.6 cm³/mol. The van der Waals surface area contributed by atoms with Crippen LogP contribution in [0.3, 0.4) is 0 Å². The van der Waals surface area contributed by atoms with Gasteiger partial charge in [0, 0.05) is 13.1 Å². The van der Waals surface area contributed by atoms with Crippen LogP contribution in [0.1, 0.15) is 5.69 Å². The van der Waals surface area contributed by atoms with Gasteiger partial charge in [0.25, 0.3) is 0 Å². The number of nitrogens with zero attached hydrogens (tertiary/aromatic N) is 2. The molecule has 0 saturated carbocycles. The fraction of sp³-hybridized carbons (Fsp3) is 0.500. The Bertz CT molecular complexity index is 220. The molecule has 1 aliphatic heterocycles. The molecule has 0 bridgehead atoms. The first-order valence-electron chi connectivity index (χ1n) is 3.29. The number of hydrogen-bond acceptors (Lipinski definition) is 2. The molecule has 0 radical (unpaired) electrons. The molecular weight excluding hydrogens is 194 g/mol. The van der Waals surface area contributed by atoms with Crippen LogP contribution in [0, 0.1) is 0 Å². The van der Waals surface area contributed by atoms with Crippen LogP contribution in [0.4, 0.5) is 0 Å². The zero-order valence-corrected chi connectivity index (χ0v) is 7.06. The van der Waals surface area contributed by atoms with Crippen LogP contribution in [0.5, 0.6) is 0 Å². The Labute approximate surface area is 67.5 Å². The molecule has 0 unspecified atom stereocenters. The third-order valence-corrected chi connectivity index (χ3v) is 2.03. The number of halogens is 1. The van der Waals surface area contributed by atoms with Gasteiger partial charge < -0.3 is 5.32 Å². The fourth-order valence-corrected chi connectivity index (χ4v) is 1.61. The van der Waals surface area contributed by atoms with E-state index in [4.69, 9.17) is 0 Å². The topological polar surface area (TPSA) is 29.9 Å². The summed E-state index contributed by atoms with van der Waals surface area (Å²) in [6.07, 6.45) is 0. The Kier molecular flexibility index (Phi) is 1.50. The molecule has 0 fully saturated rings. The van der Waals surface area contributed by atoms with Gasteiger partial charge in [-0.2, -0.15) is 5.10 Å². The van der Waals surface area contributed by atoms with Gasteiger partial charge >= 0.3 is 0 Å². The van der Waals surface area contributed by atoms with Crippen molar-refractivity contribution in [3.8, 4) is 0 Å². The van der Waals surface area contributed by atoms with Crippen LogP contribution in [0.2, 0.25) is 0 Å². The molecule has 0 amide bonds. The van der Waals surface area contributed by atoms with Crippen LogP contribution in [0.25, 0.3) is 0 Å². The van der Waals surface area contributed by atoms with E-state index >= 15 is 0 Å². The Morgan fingerprint density at radius 2 is 2.60 bits per heavy atom. The molecule has 10 heavy (non-hydrogen) atoms. The summed E-state index contributed by atoms with van der Waals surface area (Å²) in [5.41, 5.74) is 1.26. The maximum Gasteiger partial charge on any atom is 0.128 e. The van der Waals surface area contributed by atoms with Gasteiger partial charge in [-0.1, -0.05) is 0 Å². The van der Waals surface area contributed by atoms with E-state index in [2.05, 4.69) is 26.3 Å². The molecule has 54 valence electrons. The molecule has 0 spiro atoms. The molecule has 4 heteroatoms. The highest BCUT2D eigenvalue weighted by Crippen LogP contribution is 2.11. The summed E-state index contributed by atoms with van der Waals surface area (Å²) < 4.78 is 2.96. The third-order valence-electron chi connectivity index (χ3n) is 1.64. The zero-order valence-electron chi connectivity index (χ0n) is 5.47. The summed E-state index contributed by atoms with van der Waals surface area (Å²) in [6, 6.07) is 2.05. The third kappa shape index (κ3) is 0.973. The second-order valence-electron chi connectivity index (χ2n) is 2.36. The van der Waals surface area contributed by atoms with E-state index in [9.17, 15) is 0 Å². The number of fused-ring (bicyclic) bond motifs is 1. The predicted octanol–water partition coefficient (Wildman–Crippen LogP) is 0.749. The second kappa shape index (κ2) is 2.36. The van der Waals surface area contributed by atoms with Crippen molar-refractivity contribution in [3.63, 3.8) is 0 Å². The molecule has 1 aromatic rings. The lowest BCUT2D eigenvalue weighted by atomic mass is 10.3. The zero-order chi connectivity index (χ0) is 6.97. The van der Waals surface area contributed by atoms with Crippen molar-refractivity contribution in [1.82, 2.24) is 15.1 Å². The first-order valence-corrected chi connectivity index (χ1v) is 4.08. The lowest BCUT2D eigenvalue weighted by Crippen LogP contribution is -2.28. The number of aromatic nitrogens is 2. The summed E-state index contributed by atoms with van der Waals surface area (Å²) in [5.74, 6) is 0. The van der Waals surface area contributed by atoms with Crippen LogP contribution in [-0.4, -0.2) is 16.3 Å². The summed E-state index contributed by atoms with van der Waals surface area (Å²) in [6.45, 7) is 2.96. The van der Waals surface area contributed by atoms with E-state index < -0.39 is 0 Å². The molecule has 1 aromatic heterocycles. The van der Waals surface area contributed by atoms with Crippen molar-refractivity contribution in [2.24, 2.45) is 0 Å². The van der Waals surface area contributed by atoms with E-state index in [1.165, 1.54) is 5.69 Å². The van der Waals surface area contributed by atoms with Crippen molar-refractivity contribution in [2.75, 3.05) is 6.54 Å². The lowest BCUT2D eigenvalue weighted by molar-refractivity contribution is 0.474. The second-order valence-corrected chi connectivity index (χ2v) is 3.17. The van der Waals surface area contributed by atoms with Crippen molar-refractivity contribution < 1.29 is 0 Å². The molecule has 0 atom stereocenters. The molecule has 1 aliphatic rings. The highest BCUT2D eigenvalue weighted by atomic mass is 79.9. The minimum absolute atomic E-state index is 0.936. The van der Waals surface area contributed by atoms with Gasteiger partial charge in [-0.3, -0.25) is 4.68 Å². The van der Waals surface area contributed by atoms with Crippen molar-refractivity contribution in [2.45, 2.75) is 13.1 Å². The molecule has 2 rings (SSSR count). The molecule has 0 aromatic carbocycles. The first-order chi connectivity index (χ1) is 4.86. The van der Waals surface area contributed by atoms with E-state index in [1.807, 2.05) is 10.7 Å². The van der Waals surface area contributed by atoms with Crippen molar-refractivity contribution in [3.05, 3.63) is 16.4 Å². The van der Waals surface area contributed by atoms with E-state index in [-0.39, 0.29) is 0 Å². The first kappa shape index (κ1) is 6.37. The maximum absolute atomic E-state index is 4.24. The van der Waals surface area contributed by atoms with Gasteiger partial charge in [0.05, 0.1) is 12.2 Å².